The molecule has 3 rings (SSSR count). The maximum atomic E-state index is 5.76. The summed E-state index contributed by atoms with van der Waals surface area (Å²) >= 11 is 0. The Kier molecular flexibility index (Phi) is 2.77. The molecule has 1 atom stereocenters. The minimum atomic E-state index is 0. The second-order valence-electron chi connectivity index (χ2n) is 3.86. The molecule has 3 heteroatoms. The van der Waals surface area contributed by atoms with Crippen molar-refractivity contribution in [2.45, 2.75) is 25.7 Å². The summed E-state index contributed by atoms with van der Waals surface area (Å²) in [6.07, 6.45) is 1.56. The summed E-state index contributed by atoms with van der Waals surface area (Å²) in [5.74, 6) is 0. The average molecular weight is 212 g/mol. The van der Waals surface area contributed by atoms with Crippen LogP contribution in [0.15, 0.2) is 18.2 Å². The smallest absolute Gasteiger partial charge is 0.102 e. The minimum Gasteiger partial charge on any atom is -1.00 e. The van der Waals surface area contributed by atoms with Crippen LogP contribution in [-0.4, -0.2) is 6.54 Å². The predicted molar refractivity (Wildman–Crippen MR) is 49.1 cm³/mol. The first-order valence-corrected chi connectivity index (χ1v) is 4.99. The number of ether oxygens (including phenoxy) is 1. The lowest BCUT2D eigenvalue weighted by atomic mass is 9.98. The van der Waals surface area contributed by atoms with Crippen LogP contribution >= 0.6 is 0 Å². The van der Waals surface area contributed by atoms with Gasteiger partial charge in [0.2, 0.25) is 0 Å². The molecule has 0 fully saturated rings. The molecule has 0 bridgehead atoms. The molecular formula is C11H14ClNO. The van der Waals surface area contributed by atoms with E-state index < -0.39 is 0 Å². The standard InChI is InChI=1S/C11H13NO.ClH/c1-2-8-6-12-5-4-10-11(8)9(3-1)7-13-10;/h1-3,10,12H,4-7H2;1H. The van der Waals surface area contributed by atoms with E-state index in [1.807, 2.05) is 0 Å². The lowest BCUT2D eigenvalue weighted by molar-refractivity contribution is -0.670. The Labute approximate surface area is 90.1 Å². The van der Waals surface area contributed by atoms with Gasteiger partial charge >= 0.3 is 0 Å². The fourth-order valence-electron chi connectivity index (χ4n) is 2.41. The SMILES string of the molecule is [Cl-].c1cc2c3c(c1)COC3CC[NH2+]C2. The molecule has 2 N–H and O–H groups in total. The summed E-state index contributed by atoms with van der Waals surface area (Å²) in [5, 5.41) is 2.37. The van der Waals surface area contributed by atoms with E-state index in [1.54, 1.807) is 0 Å². The normalized spacial score (nSPS) is 23.6. The molecule has 0 amide bonds. The molecule has 0 spiro atoms. The fourth-order valence-corrected chi connectivity index (χ4v) is 2.41. The quantitative estimate of drug-likeness (QED) is 0.515. The summed E-state index contributed by atoms with van der Waals surface area (Å²) in [7, 11) is 0. The summed E-state index contributed by atoms with van der Waals surface area (Å²) < 4.78 is 5.76. The van der Waals surface area contributed by atoms with E-state index in [-0.39, 0.29) is 12.4 Å². The van der Waals surface area contributed by atoms with Crippen molar-refractivity contribution in [1.82, 2.24) is 0 Å². The van der Waals surface area contributed by atoms with Gasteiger partial charge in [0.1, 0.15) is 6.54 Å². The number of hydrogen-bond donors (Lipinski definition) is 1. The predicted octanol–water partition coefficient (Wildman–Crippen LogP) is -2.27. The molecular weight excluding hydrogens is 198 g/mol. The lowest BCUT2D eigenvalue weighted by Gasteiger charge is -2.07. The zero-order valence-corrected chi connectivity index (χ0v) is 8.76. The maximum absolute atomic E-state index is 5.76. The highest BCUT2D eigenvalue weighted by Crippen LogP contribution is 2.35. The van der Waals surface area contributed by atoms with Crippen LogP contribution in [0.3, 0.4) is 0 Å². The molecule has 2 aliphatic rings. The minimum absolute atomic E-state index is 0. The van der Waals surface area contributed by atoms with Gasteiger partial charge in [-0.25, -0.2) is 0 Å². The van der Waals surface area contributed by atoms with E-state index in [2.05, 4.69) is 23.5 Å². The van der Waals surface area contributed by atoms with Gasteiger partial charge in [-0.3, -0.25) is 0 Å². The first kappa shape index (κ1) is 9.97. The molecule has 1 aromatic carbocycles. The van der Waals surface area contributed by atoms with Crippen LogP contribution in [0.4, 0.5) is 0 Å². The lowest BCUT2D eigenvalue weighted by Crippen LogP contribution is -3.00. The van der Waals surface area contributed by atoms with Gasteiger partial charge in [0.15, 0.2) is 0 Å². The van der Waals surface area contributed by atoms with E-state index >= 15 is 0 Å². The third-order valence-electron chi connectivity index (χ3n) is 3.05. The second kappa shape index (κ2) is 3.89. The number of halogens is 1. The van der Waals surface area contributed by atoms with Crippen molar-refractivity contribution < 1.29 is 22.5 Å². The number of benzene rings is 1. The van der Waals surface area contributed by atoms with E-state index in [0.717, 1.165) is 13.2 Å². The van der Waals surface area contributed by atoms with Crippen molar-refractivity contribution in [3.63, 3.8) is 0 Å². The number of quaternary nitrogens is 1. The largest absolute Gasteiger partial charge is 1.00 e. The van der Waals surface area contributed by atoms with Gasteiger partial charge in [-0.1, -0.05) is 18.2 Å². The van der Waals surface area contributed by atoms with Crippen LogP contribution in [0.25, 0.3) is 0 Å². The van der Waals surface area contributed by atoms with Crippen LogP contribution in [0, 0.1) is 0 Å². The van der Waals surface area contributed by atoms with Crippen molar-refractivity contribution in [2.75, 3.05) is 6.54 Å². The zero-order valence-electron chi connectivity index (χ0n) is 8.00. The van der Waals surface area contributed by atoms with Crippen molar-refractivity contribution in [3.05, 3.63) is 34.9 Å². The molecule has 2 heterocycles. The van der Waals surface area contributed by atoms with E-state index in [1.165, 1.54) is 29.7 Å². The molecule has 2 nitrogen and oxygen atoms in total. The molecule has 0 radical (unpaired) electrons. The second-order valence-corrected chi connectivity index (χ2v) is 3.86. The molecule has 0 saturated heterocycles. The highest BCUT2D eigenvalue weighted by Gasteiger charge is 2.28. The Morgan fingerprint density at radius 2 is 2.14 bits per heavy atom. The summed E-state index contributed by atoms with van der Waals surface area (Å²) in [6.45, 7) is 3.15. The molecule has 2 aliphatic heterocycles. The summed E-state index contributed by atoms with van der Waals surface area (Å²) in [6, 6.07) is 6.59. The fraction of sp³-hybridized carbons (Fsp3) is 0.455. The monoisotopic (exact) mass is 211 g/mol. The number of hydrogen-bond acceptors (Lipinski definition) is 1. The Morgan fingerprint density at radius 3 is 3.07 bits per heavy atom. The van der Waals surface area contributed by atoms with Gasteiger partial charge in [-0.15, -0.1) is 0 Å². The molecule has 14 heavy (non-hydrogen) atoms. The highest BCUT2D eigenvalue weighted by molar-refractivity contribution is 5.38. The Bertz CT molecular complexity index is 340. The van der Waals surface area contributed by atoms with Crippen LogP contribution in [0.1, 0.15) is 29.2 Å². The van der Waals surface area contributed by atoms with Gasteiger partial charge in [-0.05, 0) is 11.1 Å². The molecule has 0 aromatic heterocycles. The van der Waals surface area contributed by atoms with Crippen LogP contribution in [0.5, 0.6) is 0 Å². The van der Waals surface area contributed by atoms with Gasteiger partial charge in [-0.2, -0.15) is 0 Å². The number of rotatable bonds is 0. The van der Waals surface area contributed by atoms with E-state index in [4.69, 9.17) is 4.74 Å². The van der Waals surface area contributed by atoms with Crippen LogP contribution < -0.4 is 17.7 Å². The third kappa shape index (κ3) is 1.44. The first-order valence-electron chi connectivity index (χ1n) is 4.99. The number of nitrogens with two attached hydrogens (primary N) is 1. The maximum Gasteiger partial charge on any atom is 0.102 e. The Hall–Kier alpha value is -0.570. The molecule has 1 aromatic rings. The summed E-state index contributed by atoms with van der Waals surface area (Å²) in [4.78, 5) is 0. The van der Waals surface area contributed by atoms with Crippen LogP contribution in [-0.2, 0) is 17.9 Å². The average Bonchev–Trinajstić information content (AvgIpc) is 2.44. The van der Waals surface area contributed by atoms with E-state index in [9.17, 15) is 0 Å². The molecule has 1 unspecified atom stereocenters. The molecule has 0 saturated carbocycles. The van der Waals surface area contributed by atoms with Gasteiger partial charge in [0.25, 0.3) is 0 Å². The summed E-state index contributed by atoms with van der Waals surface area (Å²) in [5.41, 5.74) is 4.39. The molecule has 76 valence electrons. The van der Waals surface area contributed by atoms with Crippen molar-refractivity contribution in [2.24, 2.45) is 0 Å². The Balaban J connectivity index is 0.000000750. The molecule has 0 aliphatic carbocycles. The third-order valence-corrected chi connectivity index (χ3v) is 3.05. The van der Waals surface area contributed by atoms with Crippen molar-refractivity contribution in [1.29, 1.82) is 0 Å². The van der Waals surface area contributed by atoms with Crippen molar-refractivity contribution >= 4 is 0 Å². The zero-order chi connectivity index (χ0) is 8.67. The highest BCUT2D eigenvalue weighted by atomic mass is 35.5. The van der Waals surface area contributed by atoms with E-state index in [0.29, 0.717) is 6.10 Å². The topological polar surface area (TPSA) is 25.8 Å². The van der Waals surface area contributed by atoms with Crippen molar-refractivity contribution in [3.8, 4) is 0 Å². The van der Waals surface area contributed by atoms with Gasteiger partial charge in [0.05, 0.1) is 19.3 Å². The van der Waals surface area contributed by atoms with Gasteiger partial charge in [0, 0.05) is 12.0 Å². The van der Waals surface area contributed by atoms with Crippen LogP contribution in [0.2, 0.25) is 0 Å². The van der Waals surface area contributed by atoms with Gasteiger partial charge < -0.3 is 22.5 Å². The first-order chi connectivity index (χ1) is 6.45. The Morgan fingerprint density at radius 1 is 1.29 bits per heavy atom.